The van der Waals surface area contributed by atoms with Crippen LogP contribution in [0.2, 0.25) is 0 Å². The molecule has 0 spiro atoms. The Hall–Kier alpha value is -0.610. The topological polar surface area (TPSA) is 58.4 Å². The van der Waals surface area contributed by atoms with E-state index in [-0.39, 0.29) is 5.91 Å². The smallest absolute Gasteiger partial charge is 0.240 e. The Balaban J connectivity index is 1.75. The van der Waals surface area contributed by atoms with Gasteiger partial charge in [0.25, 0.3) is 0 Å². The Morgan fingerprint density at radius 1 is 1.47 bits per heavy atom. The van der Waals surface area contributed by atoms with Crippen LogP contribution < -0.4 is 11.1 Å². The third-order valence-electron chi connectivity index (χ3n) is 4.32. The molecule has 1 unspecified atom stereocenters. The molecule has 17 heavy (non-hydrogen) atoms. The third kappa shape index (κ3) is 2.99. The minimum Gasteiger partial charge on any atom is -0.353 e. The number of hydrogen-bond acceptors (Lipinski definition) is 3. The molecule has 0 heterocycles. The lowest BCUT2D eigenvalue weighted by Gasteiger charge is -2.27. The fourth-order valence-electron chi connectivity index (χ4n) is 2.64. The summed E-state index contributed by atoms with van der Waals surface area (Å²) in [5.74, 6) is 0.0473. The summed E-state index contributed by atoms with van der Waals surface area (Å²) < 4.78 is 0. The van der Waals surface area contributed by atoms with Gasteiger partial charge in [-0.2, -0.15) is 0 Å². The lowest BCUT2D eigenvalue weighted by molar-refractivity contribution is -0.126. The Labute approximate surface area is 104 Å². The molecule has 0 bridgehead atoms. The summed E-state index contributed by atoms with van der Waals surface area (Å²) in [6.07, 6.45) is 6.45. The van der Waals surface area contributed by atoms with Gasteiger partial charge >= 0.3 is 0 Å². The largest absolute Gasteiger partial charge is 0.353 e. The maximum Gasteiger partial charge on any atom is 0.240 e. The number of hydrogen-bond donors (Lipinski definition) is 2. The van der Waals surface area contributed by atoms with E-state index in [1.54, 1.807) is 0 Å². The number of amides is 1. The van der Waals surface area contributed by atoms with Crippen LogP contribution in [0.1, 0.15) is 45.4 Å². The van der Waals surface area contributed by atoms with Crippen LogP contribution in [0, 0.1) is 0 Å². The summed E-state index contributed by atoms with van der Waals surface area (Å²) in [7, 11) is 2.14. The molecule has 0 aromatic heterocycles. The Morgan fingerprint density at radius 2 is 2.06 bits per heavy atom. The molecule has 4 heteroatoms. The number of nitrogens with zero attached hydrogens (tertiary/aromatic N) is 1. The second-order valence-electron chi connectivity index (χ2n) is 5.82. The summed E-state index contributed by atoms with van der Waals surface area (Å²) in [5, 5.41) is 3.02. The maximum absolute atomic E-state index is 12.0. The first-order chi connectivity index (χ1) is 8.03. The molecule has 2 aliphatic carbocycles. The average molecular weight is 239 g/mol. The highest BCUT2D eigenvalue weighted by Gasteiger charge is 2.37. The zero-order valence-corrected chi connectivity index (χ0v) is 11.0. The number of carbonyl (C=O) groups is 1. The molecule has 0 aromatic carbocycles. The first kappa shape index (κ1) is 12.8. The zero-order valence-electron chi connectivity index (χ0n) is 11.0. The van der Waals surface area contributed by atoms with Crippen molar-refractivity contribution >= 4 is 5.91 Å². The normalized spacial score (nSPS) is 24.9. The average Bonchev–Trinajstić information content (AvgIpc) is 3.07. The molecule has 2 aliphatic rings. The van der Waals surface area contributed by atoms with E-state index in [1.165, 1.54) is 12.8 Å². The van der Waals surface area contributed by atoms with Crippen molar-refractivity contribution < 1.29 is 4.79 Å². The van der Waals surface area contributed by atoms with Crippen molar-refractivity contribution in [2.24, 2.45) is 5.73 Å². The molecule has 0 aliphatic heterocycles. The fraction of sp³-hybridized carbons (Fsp3) is 0.923. The minimum atomic E-state index is -0.585. The van der Waals surface area contributed by atoms with Gasteiger partial charge in [-0.1, -0.05) is 12.8 Å². The van der Waals surface area contributed by atoms with Gasteiger partial charge in [0, 0.05) is 18.6 Å². The predicted octanol–water partition coefficient (Wildman–Crippen LogP) is 0.857. The van der Waals surface area contributed by atoms with Crippen molar-refractivity contribution in [3.8, 4) is 0 Å². The number of carbonyl (C=O) groups excluding carboxylic acids is 1. The Kier molecular flexibility index (Phi) is 3.73. The van der Waals surface area contributed by atoms with Crippen LogP contribution in [-0.4, -0.2) is 42.0 Å². The molecule has 4 nitrogen and oxygen atoms in total. The molecule has 1 atom stereocenters. The summed E-state index contributed by atoms with van der Waals surface area (Å²) in [6.45, 7) is 2.88. The van der Waals surface area contributed by atoms with E-state index in [0.717, 1.165) is 31.7 Å². The van der Waals surface area contributed by atoms with E-state index < -0.39 is 5.54 Å². The molecule has 2 saturated carbocycles. The van der Waals surface area contributed by atoms with E-state index in [1.807, 2.05) is 0 Å². The molecular formula is C13H25N3O. The van der Waals surface area contributed by atoms with E-state index in [0.29, 0.717) is 12.6 Å². The van der Waals surface area contributed by atoms with Gasteiger partial charge in [-0.05, 0) is 39.7 Å². The highest BCUT2D eigenvalue weighted by atomic mass is 16.2. The van der Waals surface area contributed by atoms with Gasteiger partial charge < -0.3 is 11.1 Å². The highest BCUT2D eigenvalue weighted by Crippen LogP contribution is 2.28. The summed E-state index contributed by atoms with van der Waals surface area (Å²) in [4.78, 5) is 14.4. The van der Waals surface area contributed by atoms with Crippen molar-refractivity contribution in [1.82, 2.24) is 10.2 Å². The molecule has 2 rings (SSSR count). The number of nitrogens with one attached hydrogen (secondary N) is 1. The first-order valence-corrected chi connectivity index (χ1v) is 6.82. The molecule has 98 valence electrons. The number of likely N-dealkylation sites (N-methyl/N-ethyl adjacent to an activating group) is 1. The van der Waals surface area contributed by atoms with Crippen molar-refractivity contribution in [3.63, 3.8) is 0 Å². The van der Waals surface area contributed by atoms with E-state index in [9.17, 15) is 4.79 Å². The van der Waals surface area contributed by atoms with Gasteiger partial charge in [0.2, 0.25) is 5.91 Å². The van der Waals surface area contributed by atoms with E-state index >= 15 is 0 Å². The fourth-order valence-corrected chi connectivity index (χ4v) is 2.64. The van der Waals surface area contributed by atoms with Crippen molar-refractivity contribution in [3.05, 3.63) is 0 Å². The van der Waals surface area contributed by atoms with Gasteiger partial charge in [-0.25, -0.2) is 0 Å². The Bertz CT molecular complexity index is 282. The summed E-state index contributed by atoms with van der Waals surface area (Å²) in [5.41, 5.74) is 5.53. The SMILES string of the molecule is CC(CNC(=O)C1(N)CCCC1)N(C)C1CC1. The predicted molar refractivity (Wildman–Crippen MR) is 68.6 cm³/mol. The standard InChI is InChI=1S/C13H25N3O/c1-10(16(2)11-5-6-11)9-15-12(17)13(14)7-3-4-8-13/h10-11H,3-9,14H2,1-2H3,(H,15,17). The number of nitrogens with two attached hydrogens (primary N) is 1. The maximum atomic E-state index is 12.0. The Morgan fingerprint density at radius 3 is 2.59 bits per heavy atom. The molecule has 2 fully saturated rings. The molecule has 0 saturated heterocycles. The molecule has 0 aromatic rings. The van der Waals surface area contributed by atoms with Crippen LogP contribution >= 0.6 is 0 Å². The minimum absolute atomic E-state index is 0.0473. The number of rotatable bonds is 5. The quantitative estimate of drug-likeness (QED) is 0.748. The van der Waals surface area contributed by atoms with Crippen LogP contribution in [0.4, 0.5) is 0 Å². The first-order valence-electron chi connectivity index (χ1n) is 6.82. The van der Waals surface area contributed by atoms with Crippen molar-refractivity contribution in [2.75, 3.05) is 13.6 Å². The van der Waals surface area contributed by atoms with Crippen molar-refractivity contribution in [1.29, 1.82) is 0 Å². The lowest BCUT2D eigenvalue weighted by Crippen LogP contribution is -2.54. The van der Waals surface area contributed by atoms with Crippen molar-refractivity contribution in [2.45, 2.75) is 63.1 Å². The van der Waals surface area contributed by atoms with Crippen LogP contribution in [-0.2, 0) is 4.79 Å². The van der Waals surface area contributed by atoms with Crippen LogP contribution in [0.5, 0.6) is 0 Å². The van der Waals surface area contributed by atoms with Gasteiger partial charge in [-0.3, -0.25) is 9.69 Å². The van der Waals surface area contributed by atoms with Crippen LogP contribution in [0.3, 0.4) is 0 Å². The van der Waals surface area contributed by atoms with Crippen LogP contribution in [0.15, 0.2) is 0 Å². The van der Waals surface area contributed by atoms with E-state index in [2.05, 4.69) is 24.2 Å². The van der Waals surface area contributed by atoms with Gasteiger partial charge in [0.1, 0.15) is 0 Å². The van der Waals surface area contributed by atoms with E-state index in [4.69, 9.17) is 5.73 Å². The van der Waals surface area contributed by atoms with Gasteiger partial charge in [0.05, 0.1) is 5.54 Å². The third-order valence-corrected chi connectivity index (χ3v) is 4.32. The molecule has 0 radical (unpaired) electrons. The second-order valence-corrected chi connectivity index (χ2v) is 5.82. The monoisotopic (exact) mass is 239 g/mol. The zero-order chi connectivity index (χ0) is 12.5. The highest BCUT2D eigenvalue weighted by molar-refractivity contribution is 5.86. The molecule has 1 amide bonds. The summed E-state index contributed by atoms with van der Waals surface area (Å²) >= 11 is 0. The van der Waals surface area contributed by atoms with Crippen LogP contribution in [0.25, 0.3) is 0 Å². The molecule has 3 N–H and O–H groups in total. The van der Waals surface area contributed by atoms with Gasteiger partial charge in [-0.15, -0.1) is 0 Å². The lowest BCUT2D eigenvalue weighted by atomic mass is 9.98. The molecular weight excluding hydrogens is 214 g/mol. The summed E-state index contributed by atoms with van der Waals surface area (Å²) in [6, 6.07) is 1.14. The van der Waals surface area contributed by atoms with Gasteiger partial charge in [0.15, 0.2) is 0 Å². The second kappa shape index (κ2) is 4.94.